The summed E-state index contributed by atoms with van der Waals surface area (Å²) in [5.41, 5.74) is -1.62. The van der Waals surface area contributed by atoms with Crippen molar-refractivity contribution in [3.63, 3.8) is 0 Å². The third-order valence-corrected chi connectivity index (χ3v) is 7.42. The van der Waals surface area contributed by atoms with E-state index in [4.69, 9.17) is 27.9 Å². The Bertz CT molecular complexity index is 1100. The molecular formula is C25H26Cl2F2N2O4. The van der Waals surface area contributed by atoms with Crippen LogP contribution in [0.4, 0.5) is 8.78 Å². The molecule has 2 fully saturated rings. The van der Waals surface area contributed by atoms with E-state index in [2.05, 4.69) is 4.90 Å². The predicted octanol–water partition coefficient (Wildman–Crippen LogP) is 5.37. The van der Waals surface area contributed by atoms with Crippen molar-refractivity contribution in [3.8, 4) is 5.75 Å². The first kappa shape index (κ1) is 25.7. The number of piperidine rings is 2. The first-order chi connectivity index (χ1) is 16.7. The molecule has 0 spiro atoms. The summed E-state index contributed by atoms with van der Waals surface area (Å²) < 4.78 is 34.3. The van der Waals surface area contributed by atoms with Gasteiger partial charge in [-0.2, -0.15) is 0 Å². The summed E-state index contributed by atoms with van der Waals surface area (Å²) in [6.07, 6.45) is 3.30. The molecule has 2 saturated heterocycles. The van der Waals surface area contributed by atoms with Crippen molar-refractivity contribution >= 4 is 35.1 Å². The van der Waals surface area contributed by atoms with Gasteiger partial charge in [-0.15, -0.1) is 0 Å². The molecule has 0 atom stereocenters. The van der Waals surface area contributed by atoms with Gasteiger partial charge < -0.3 is 19.6 Å². The quantitative estimate of drug-likeness (QED) is 0.548. The van der Waals surface area contributed by atoms with Gasteiger partial charge in [0.25, 0.3) is 5.91 Å². The van der Waals surface area contributed by atoms with Gasteiger partial charge >= 0.3 is 5.97 Å². The standard InChI is InChI=1S/C25H26Cl2F2N2O4/c26-18-2-1-17(13-19(18)27)35-16-7-9-30(10-8-16)14-15-5-11-31(12-6-15)24(32)22-20(28)3-4-21(29)23(22)25(33)34/h1-4,13,15-16H,5-12,14H2,(H,33,34). The maximum atomic E-state index is 14.3. The maximum Gasteiger partial charge on any atom is 0.339 e. The minimum absolute atomic E-state index is 0.104. The first-order valence-electron chi connectivity index (χ1n) is 11.6. The number of rotatable bonds is 6. The molecule has 35 heavy (non-hydrogen) atoms. The Kier molecular flexibility index (Phi) is 8.14. The zero-order valence-electron chi connectivity index (χ0n) is 19.0. The maximum absolute atomic E-state index is 14.3. The van der Waals surface area contributed by atoms with Gasteiger partial charge in [-0.3, -0.25) is 4.79 Å². The number of nitrogens with zero attached hydrogens (tertiary/aromatic N) is 2. The fraction of sp³-hybridized carbons (Fsp3) is 0.440. The van der Waals surface area contributed by atoms with E-state index in [-0.39, 0.29) is 6.10 Å². The number of hydrogen-bond acceptors (Lipinski definition) is 4. The number of carboxylic acid groups (broad SMARTS) is 1. The van der Waals surface area contributed by atoms with Crippen LogP contribution in [0.25, 0.3) is 0 Å². The number of halogens is 4. The molecule has 1 N–H and O–H groups in total. The molecule has 0 aromatic heterocycles. The van der Waals surface area contributed by atoms with Crippen molar-refractivity contribution in [1.29, 1.82) is 0 Å². The Hall–Kier alpha value is -2.42. The molecule has 2 heterocycles. The van der Waals surface area contributed by atoms with E-state index in [1.165, 1.54) is 4.90 Å². The summed E-state index contributed by atoms with van der Waals surface area (Å²) >= 11 is 12.0. The normalized spacial score (nSPS) is 18.0. The van der Waals surface area contributed by atoms with E-state index < -0.39 is 34.6 Å². The van der Waals surface area contributed by atoms with Crippen molar-refractivity contribution in [2.75, 3.05) is 32.7 Å². The second kappa shape index (κ2) is 11.1. The molecule has 0 aliphatic carbocycles. The summed E-state index contributed by atoms with van der Waals surface area (Å²) in [6.45, 7) is 3.41. The number of carbonyl (C=O) groups is 2. The largest absolute Gasteiger partial charge is 0.490 e. The molecule has 0 saturated carbocycles. The van der Waals surface area contributed by atoms with E-state index in [9.17, 15) is 23.5 Å². The smallest absolute Gasteiger partial charge is 0.339 e. The van der Waals surface area contributed by atoms with Crippen molar-refractivity contribution in [1.82, 2.24) is 9.80 Å². The number of aromatic carboxylic acids is 1. The van der Waals surface area contributed by atoms with Crippen LogP contribution >= 0.6 is 23.2 Å². The minimum atomic E-state index is -1.66. The molecule has 188 valence electrons. The molecule has 2 aromatic carbocycles. The Morgan fingerprint density at radius 1 is 0.914 bits per heavy atom. The van der Waals surface area contributed by atoms with Crippen LogP contribution in [-0.2, 0) is 0 Å². The Balaban J connectivity index is 1.26. The summed E-state index contributed by atoms with van der Waals surface area (Å²) in [4.78, 5) is 28.0. The van der Waals surface area contributed by atoms with Gasteiger partial charge in [-0.05, 0) is 55.9 Å². The molecule has 2 aliphatic heterocycles. The van der Waals surface area contributed by atoms with Gasteiger partial charge in [0.2, 0.25) is 0 Å². The number of carbonyl (C=O) groups excluding carboxylic acids is 1. The number of ether oxygens (including phenoxy) is 1. The molecule has 0 bridgehead atoms. The van der Waals surface area contributed by atoms with Gasteiger partial charge in [0, 0.05) is 38.8 Å². The fourth-order valence-corrected chi connectivity index (χ4v) is 5.05. The lowest BCUT2D eigenvalue weighted by molar-refractivity contribution is 0.0588. The van der Waals surface area contributed by atoms with Gasteiger partial charge in [-0.25, -0.2) is 13.6 Å². The van der Waals surface area contributed by atoms with Crippen LogP contribution in [0.2, 0.25) is 10.0 Å². The lowest BCUT2D eigenvalue weighted by Gasteiger charge is -2.37. The van der Waals surface area contributed by atoms with E-state index in [0.717, 1.165) is 44.6 Å². The van der Waals surface area contributed by atoms with Gasteiger partial charge in [0.05, 0.1) is 15.6 Å². The average molecular weight is 527 g/mol. The molecule has 1 amide bonds. The van der Waals surface area contributed by atoms with Gasteiger partial charge in [-0.1, -0.05) is 23.2 Å². The van der Waals surface area contributed by atoms with E-state index in [0.29, 0.717) is 47.6 Å². The van der Waals surface area contributed by atoms with Crippen molar-refractivity contribution in [2.24, 2.45) is 5.92 Å². The number of amides is 1. The predicted molar refractivity (Wildman–Crippen MR) is 128 cm³/mol. The summed E-state index contributed by atoms with van der Waals surface area (Å²) in [6, 6.07) is 6.76. The second-order valence-corrected chi connectivity index (χ2v) is 9.83. The third-order valence-electron chi connectivity index (χ3n) is 6.68. The Morgan fingerprint density at radius 2 is 1.54 bits per heavy atom. The van der Waals surface area contributed by atoms with Crippen LogP contribution in [0.3, 0.4) is 0 Å². The zero-order chi connectivity index (χ0) is 25.1. The summed E-state index contributed by atoms with van der Waals surface area (Å²) in [5, 5.41) is 10.2. The highest BCUT2D eigenvalue weighted by Crippen LogP contribution is 2.29. The first-order valence-corrected chi connectivity index (χ1v) is 12.3. The van der Waals surface area contributed by atoms with Crippen LogP contribution in [0.5, 0.6) is 5.75 Å². The monoisotopic (exact) mass is 526 g/mol. The molecule has 4 rings (SSSR count). The second-order valence-electron chi connectivity index (χ2n) is 9.01. The SMILES string of the molecule is O=C(O)c1c(F)ccc(F)c1C(=O)N1CCC(CN2CCC(Oc3ccc(Cl)c(Cl)c3)CC2)CC1. The lowest BCUT2D eigenvalue weighted by atomic mass is 9.94. The van der Waals surface area contributed by atoms with Crippen molar-refractivity contribution in [3.05, 3.63) is 63.1 Å². The summed E-state index contributed by atoms with van der Waals surface area (Å²) in [5.74, 6) is -3.52. The van der Waals surface area contributed by atoms with E-state index >= 15 is 0 Å². The molecular weight excluding hydrogens is 501 g/mol. The summed E-state index contributed by atoms with van der Waals surface area (Å²) in [7, 11) is 0. The molecule has 0 unspecified atom stereocenters. The number of carboxylic acids is 1. The van der Waals surface area contributed by atoms with Crippen LogP contribution < -0.4 is 4.74 Å². The highest BCUT2D eigenvalue weighted by molar-refractivity contribution is 6.42. The minimum Gasteiger partial charge on any atom is -0.490 e. The lowest BCUT2D eigenvalue weighted by Crippen LogP contribution is -2.45. The topological polar surface area (TPSA) is 70.1 Å². The molecule has 10 heteroatoms. The van der Waals surface area contributed by atoms with Crippen molar-refractivity contribution < 1.29 is 28.2 Å². The van der Waals surface area contributed by atoms with Gasteiger partial charge in [0.15, 0.2) is 0 Å². The number of benzene rings is 2. The molecule has 6 nitrogen and oxygen atoms in total. The highest BCUT2D eigenvalue weighted by atomic mass is 35.5. The Morgan fingerprint density at radius 3 is 2.14 bits per heavy atom. The zero-order valence-corrected chi connectivity index (χ0v) is 20.5. The third kappa shape index (κ3) is 6.05. The van der Waals surface area contributed by atoms with Crippen molar-refractivity contribution in [2.45, 2.75) is 31.8 Å². The van der Waals surface area contributed by atoms with E-state index in [1.807, 2.05) is 6.07 Å². The van der Waals surface area contributed by atoms with Crippen LogP contribution in [0.15, 0.2) is 30.3 Å². The van der Waals surface area contributed by atoms with Gasteiger partial charge in [0.1, 0.15) is 29.1 Å². The molecule has 0 radical (unpaired) electrons. The van der Waals surface area contributed by atoms with Crippen LogP contribution in [0.1, 0.15) is 46.4 Å². The Labute approximate surface area is 212 Å². The van der Waals surface area contributed by atoms with Crippen LogP contribution in [-0.4, -0.2) is 65.6 Å². The molecule has 2 aromatic rings. The number of hydrogen-bond donors (Lipinski definition) is 1. The number of likely N-dealkylation sites (tertiary alicyclic amines) is 2. The highest BCUT2D eigenvalue weighted by Gasteiger charge is 2.32. The van der Waals surface area contributed by atoms with Crippen LogP contribution in [0, 0.1) is 17.6 Å². The fourth-order valence-electron chi connectivity index (χ4n) is 4.76. The molecule has 2 aliphatic rings. The average Bonchev–Trinajstić information content (AvgIpc) is 2.84. The van der Waals surface area contributed by atoms with E-state index in [1.54, 1.807) is 12.1 Å².